The van der Waals surface area contributed by atoms with Gasteiger partial charge in [-0.25, -0.2) is 9.78 Å². The molecule has 0 aliphatic rings. The van der Waals surface area contributed by atoms with E-state index in [2.05, 4.69) is 15.3 Å². The van der Waals surface area contributed by atoms with Crippen LogP contribution in [-0.2, 0) is 13.0 Å². The Labute approximate surface area is 121 Å². The molecule has 2 aromatic heterocycles. The van der Waals surface area contributed by atoms with Crippen molar-refractivity contribution in [3.63, 3.8) is 0 Å². The molecular weight excluding hydrogens is 270 g/mol. The predicted molar refractivity (Wildman–Crippen MR) is 76.0 cm³/mol. The summed E-state index contributed by atoms with van der Waals surface area (Å²) < 4.78 is 0. The third-order valence-corrected chi connectivity index (χ3v) is 3.02. The highest BCUT2D eigenvalue weighted by Crippen LogP contribution is 2.07. The fourth-order valence-electron chi connectivity index (χ4n) is 1.91. The number of carboxylic acids is 1. The van der Waals surface area contributed by atoms with Gasteiger partial charge in [-0.3, -0.25) is 9.78 Å². The van der Waals surface area contributed by atoms with Crippen LogP contribution in [-0.4, -0.2) is 27.0 Å². The van der Waals surface area contributed by atoms with E-state index in [1.807, 2.05) is 19.1 Å². The van der Waals surface area contributed by atoms with Crippen molar-refractivity contribution in [2.75, 3.05) is 0 Å². The van der Waals surface area contributed by atoms with Crippen LogP contribution >= 0.6 is 0 Å². The molecule has 2 N–H and O–H groups in total. The van der Waals surface area contributed by atoms with E-state index < -0.39 is 5.97 Å². The van der Waals surface area contributed by atoms with E-state index in [0.717, 1.165) is 17.7 Å². The van der Waals surface area contributed by atoms with Crippen LogP contribution in [0.1, 0.15) is 39.0 Å². The third-order valence-electron chi connectivity index (χ3n) is 3.02. The number of aryl methyl sites for hydroxylation is 1. The number of nitrogens with one attached hydrogen (secondary N) is 1. The van der Waals surface area contributed by atoms with Crippen molar-refractivity contribution in [3.8, 4) is 0 Å². The van der Waals surface area contributed by atoms with E-state index in [0.29, 0.717) is 6.54 Å². The van der Waals surface area contributed by atoms with Crippen LogP contribution < -0.4 is 5.32 Å². The molecule has 0 unspecified atom stereocenters. The van der Waals surface area contributed by atoms with E-state index in [9.17, 15) is 9.59 Å². The molecule has 2 rings (SSSR count). The first-order chi connectivity index (χ1) is 10.1. The summed E-state index contributed by atoms with van der Waals surface area (Å²) in [6, 6.07) is 6.54. The maximum atomic E-state index is 12.0. The zero-order valence-electron chi connectivity index (χ0n) is 11.5. The van der Waals surface area contributed by atoms with E-state index in [1.165, 1.54) is 18.3 Å². The minimum atomic E-state index is -1.16. The summed E-state index contributed by atoms with van der Waals surface area (Å²) in [5.41, 5.74) is 1.98. The Bertz CT molecular complexity index is 671. The quantitative estimate of drug-likeness (QED) is 0.871. The minimum Gasteiger partial charge on any atom is -0.477 e. The van der Waals surface area contributed by atoms with Gasteiger partial charge in [-0.05, 0) is 30.2 Å². The van der Waals surface area contributed by atoms with Crippen molar-refractivity contribution in [1.29, 1.82) is 0 Å². The second-order valence-corrected chi connectivity index (χ2v) is 4.38. The van der Waals surface area contributed by atoms with Gasteiger partial charge in [0.05, 0.1) is 12.2 Å². The van der Waals surface area contributed by atoms with Crippen molar-refractivity contribution in [1.82, 2.24) is 15.3 Å². The molecule has 2 heterocycles. The predicted octanol–water partition coefficient (Wildman–Crippen LogP) is 1.67. The molecule has 0 aliphatic carbocycles. The molecule has 108 valence electrons. The summed E-state index contributed by atoms with van der Waals surface area (Å²) >= 11 is 0. The summed E-state index contributed by atoms with van der Waals surface area (Å²) in [4.78, 5) is 30.8. The Kier molecular flexibility index (Phi) is 4.61. The van der Waals surface area contributed by atoms with Gasteiger partial charge in [0.1, 0.15) is 5.69 Å². The van der Waals surface area contributed by atoms with E-state index in [1.54, 1.807) is 6.20 Å². The normalized spacial score (nSPS) is 10.1. The lowest BCUT2D eigenvalue weighted by atomic mass is 10.1. The second-order valence-electron chi connectivity index (χ2n) is 4.38. The van der Waals surface area contributed by atoms with Crippen LogP contribution in [0.5, 0.6) is 0 Å². The lowest BCUT2D eigenvalue weighted by Gasteiger charge is -2.08. The summed E-state index contributed by atoms with van der Waals surface area (Å²) in [6.07, 6.45) is 3.81. The average molecular weight is 285 g/mol. The summed E-state index contributed by atoms with van der Waals surface area (Å²) in [7, 11) is 0. The average Bonchev–Trinajstić information content (AvgIpc) is 2.52. The molecule has 6 nitrogen and oxygen atoms in total. The van der Waals surface area contributed by atoms with Gasteiger partial charge in [-0.15, -0.1) is 0 Å². The van der Waals surface area contributed by atoms with Crippen LogP contribution in [0.15, 0.2) is 36.7 Å². The lowest BCUT2D eigenvalue weighted by molar-refractivity contribution is 0.0690. The van der Waals surface area contributed by atoms with E-state index >= 15 is 0 Å². The molecule has 2 aromatic rings. The molecule has 0 spiro atoms. The molecule has 0 aliphatic heterocycles. The van der Waals surface area contributed by atoms with Gasteiger partial charge in [0.2, 0.25) is 0 Å². The van der Waals surface area contributed by atoms with Gasteiger partial charge >= 0.3 is 5.97 Å². The Morgan fingerprint density at radius 2 is 2.05 bits per heavy atom. The highest BCUT2D eigenvalue weighted by molar-refractivity contribution is 5.96. The monoisotopic (exact) mass is 285 g/mol. The minimum absolute atomic E-state index is 0.158. The molecule has 6 heteroatoms. The number of nitrogens with zero attached hydrogens (tertiary/aromatic N) is 2. The summed E-state index contributed by atoms with van der Waals surface area (Å²) in [6.45, 7) is 2.32. The first-order valence-corrected chi connectivity index (χ1v) is 6.52. The maximum Gasteiger partial charge on any atom is 0.354 e. The van der Waals surface area contributed by atoms with Gasteiger partial charge < -0.3 is 10.4 Å². The van der Waals surface area contributed by atoms with Crippen molar-refractivity contribution in [2.24, 2.45) is 0 Å². The number of carbonyl (C=O) groups is 2. The number of hydrogen-bond acceptors (Lipinski definition) is 4. The lowest BCUT2D eigenvalue weighted by Crippen LogP contribution is -2.24. The smallest absolute Gasteiger partial charge is 0.354 e. The molecule has 0 saturated carbocycles. The summed E-state index contributed by atoms with van der Waals surface area (Å²) in [5.74, 6) is -1.52. The van der Waals surface area contributed by atoms with Gasteiger partial charge in [0, 0.05) is 18.0 Å². The molecule has 0 aromatic carbocycles. The molecule has 0 radical (unpaired) electrons. The number of carboxylic acid groups (broad SMARTS) is 1. The van der Waals surface area contributed by atoms with Crippen LogP contribution in [0.3, 0.4) is 0 Å². The first kappa shape index (κ1) is 14.6. The topological polar surface area (TPSA) is 92.2 Å². The fourth-order valence-corrected chi connectivity index (χ4v) is 1.91. The zero-order chi connectivity index (χ0) is 15.2. The van der Waals surface area contributed by atoms with Crippen LogP contribution in [0, 0.1) is 0 Å². The van der Waals surface area contributed by atoms with Crippen molar-refractivity contribution >= 4 is 11.9 Å². The van der Waals surface area contributed by atoms with Crippen LogP contribution in [0.4, 0.5) is 0 Å². The number of aromatic carboxylic acids is 1. The first-order valence-electron chi connectivity index (χ1n) is 6.52. The zero-order valence-corrected chi connectivity index (χ0v) is 11.5. The standard InChI is InChI=1S/C15H15N3O3/c1-2-10-4-3-6-16-13(10)9-18-14(19)11-5-7-17-12(8-11)15(20)21/h3-8H,2,9H2,1H3,(H,18,19)(H,20,21). The SMILES string of the molecule is CCc1cccnc1CNC(=O)c1ccnc(C(=O)O)c1. The number of amides is 1. The van der Waals surface area contributed by atoms with Gasteiger partial charge in [-0.1, -0.05) is 13.0 Å². The number of hydrogen-bond donors (Lipinski definition) is 2. The molecule has 1 amide bonds. The third kappa shape index (κ3) is 3.62. The second kappa shape index (κ2) is 6.60. The Hall–Kier alpha value is -2.76. The van der Waals surface area contributed by atoms with Gasteiger partial charge in [0.15, 0.2) is 0 Å². The molecule has 0 saturated heterocycles. The highest BCUT2D eigenvalue weighted by atomic mass is 16.4. The molecule has 0 fully saturated rings. The Balaban J connectivity index is 2.08. The largest absolute Gasteiger partial charge is 0.477 e. The Morgan fingerprint density at radius 3 is 2.76 bits per heavy atom. The van der Waals surface area contributed by atoms with Crippen LogP contribution in [0.2, 0.25) is 0 Å². The number of aromatic nitrogens is 2. The number of carbonyl (C=O) groups excluding carboxylic acids is 1. The maximum absolute atomic E-state index is 12.0. The van der Waals surface area contributed by atoms with Crippen molar-refractivity contribution in [3.05, 3.63) is 59.2 Å². The summed E-state index contributed by atoms with van der Waals surface area (Å²) in [5, 5.41) is 11.6. The molecule has 0 bridgehead atoms. The van der Waals surface area contributed by atoms with Gasteiger partial charge in [-0.2, -0.15) is 0 Å². The van der Waals surface area contributed by atoms with E-state index in [-0.39, 0.29) is 17.2 Å². The fraction of sp³-hybridized carbons (Fsp3) is 0.200. The van der Waals surface area contributed by atoms with Crippen molar-refractivity contribution < 1.29 is 14.7 Å². The molecule has 0 atom stereocenters. The number of rotatable bonds is 5. The number of pyridine rings is 2. The van der Waals surface area contributed by atoms with E-state index in [4.69, 9.17) is 5.11 Å². The molecular formula is C15H15N3O3. The highest BCUT2D eigenvalue weighted by Gasteiger charge is 2.11. The Morgan fingerprint density at radius 1 is 1.24 bits per heavy atom. The molecule has 21 heavy (non-hydrogen) atoms. The van der Waals surface area contributed by atoms with Gasteiger partial charge in [0.25, 0.3) is 5.91 Å². The van der Waals surface area contributed by atoms with Crippen LogP contribution in [0.25, 0.3) is 0 Å². The van der Waals surface area contributed by atoms with Crippen molar-refractivity contribution in [2.45, 2.75) is 19.9 Å².